The van der Waals surface area contributed by atoms with Gasteiger partial charge in [0.2, 0.25) is 5.91 Å². The van der Waals surface area contributed by atoms with Gasteiger partial charge in [0.15, 0.2) is 0 Å². The number of hydrogen-bond donors (Lipinski definition) is 2. The van der Waals surface area contributed by atoms with Crippen LogP contribution in [0.4, 0.5) is 11.4 Å². The molecule has 2 aromatic carbocycles. The van der Waals surface area contributed by atoms with Gasteiger partial charge in [0.1, 0.15) is 0 Å². The number of hydrogen-bond acceptors (Lipinski definition) is 2. The van der Waals surface area contributed by atoms with E-state index in [1.165, 1.54) is 5.56 Å². The van der Waals surface area contributed by atoms with Crippen LogP contribution in [0.1, 0.15) is 25.3 Å². The summed E-state index contributed by atoms with van der Waals surface area (Å²) in [6, 6.07) is 17.6. The molecule has 0 heterocycles. The van der Waals surface area contributed by atoms with Gasteiger partial charge in [0.25, 0.3) is 0 Å². The second-order valence-corrected chi connectivity index (χ2v) is 5.01. The second kappa shape index (κ2) is 6.75. The number of amides is 1. The van der Waals surface area contributed by atoms with Crippen molar-refractivity contribution in [2.24, 2.45) is 0 Å². The predicted octanol–water partition coefficient (Wildman–Crippen LogP) is 3.86. The van der Waals surface area contributed by atoms with Crippen LogP contribution in [0.5, 0.6) is 0 Å². The van der Waals surface area contributed by atoms with Crippen LogP contribution in [0.2, 0.25) is 0 Å². The first-order valence-electron chi connectivity index (χ1n) is 6.84. The third-order valence-corrected chi connectivity index (χ3v) is 3.08. The van der Waals surface area contributed by atoms with E-state index >= 15 is 0 Å². The highest BCUT2D eigenvalue weighted by atomic mass is 16.1. The summed E-state index contributed by atoms with van der Waals surface area (Å²) in [7, 11) is 0. The highest BCUT2D eigenvalue weighted by molar-refractivity contribution is 5.93. The van der Waals surface area contributed by atoms with Gasteiger partial charge in [-0.2, -0.15) is 0 Å². The number of para-hydroxylation sites is 2. The highest BCUT2D eigenvalue weighted by Crippen LogP contribution is 2.23. The Kier molecular flexibility index (Phi) is 4.77. The molecule has 0 fully saturated rings. The van der Waals surface area contributed by atoms with Gasteiger partial charge in [-0.05, 0) is 29.7 Å². The maximum absolute atomic E-state index is 11.9. The molecular formula is C17H20N2O. The Labute approximate surface area is 120 Å². The van der Waals surface area contributed by atoms with Gasteiger partial charge in [-0.1, -0.05) is 50.2 Å². The van der Waals surface area contributed by atoms with Crippen LogP contribution >= 0.6 is 0 Å². The summed E-state index contributed by atoms with van der Waals surface area (Å²) in [5.41, 5.74) is 3.06. The zero-order valence-electron chi connectivity index (χ0n) is 11.9. The molecular weight excluding hydrogens is 248 g/mol. The smallest absolute Gasteiger partial charge is 0.243 e. The van der Waals surface area contributed by atoms with E-state index in [1.54, 1.807) is 0 Å². The zero-order valence-corrected chi connectivity index (χ0v) is 11.9. The normalized spacial score (nSPS) is 10.3. The first kappa shape index (κ1) is 14.1. The molecule has 0 saturated carbocycles. The van der Waals surface area contributed by atoms with Gasteiger partial charge in [-0.25, -0.2) is 0 Å². The summed E-state index contributed by atoms with van der Waals surface area (Å²) in [4.78, 5) is 11.9. The molecule has 0 aliphatic carbocycles. The molecule has 0 atom stereocenters. The van der Waals surface area contributed by atoms with Crippen molar-refractivity contribution in [3.63, 3.8) is 0 Å². The summed E-state index contributed by atoms with van der Waals surface area (Å²) in [6.45, 7) is 4.55. The van der Waals surface area contributed by atoms with Crippen molar-refractivity contribution in [1.82, 2.24) is 0 Å². The first-order chi connectivity index (χ1) is 9.66. The summed E-state index contributed by atoms with van der Waals surface area (Å²) >= 11 is 0. The molecule has 0 bridgehead atoms. The van der Waals surface area contributed by atoms with Crippen LogP contribution < -0.4 is 10.6 Å². The molecule has 0 spiro atoms. The minimum Gasteiger partial charge on any atom is -0.376 e. The third-order valence-electron chi connectivity index (χ3n) is 3.08. The van der Waals surface area contributed by atoms with E-state index in [0.717, 1.165) is 11.4 Å². The number of anilines is 2. The summed E-state index contributed by atoms with van der Waals surface area (Å²) < 4.78 is 0. The SMILES string of the molecule is CC(C)c1ccccc1NCC(=O)Nc1ccccc1. The lowest BCUT2D eigenvalue weighted by molar-refractivity contribution is -0.114. The molecule has 0 aromatic heterocycles. The van der Waals surface area contributed by atoms with E-state index in [0.29, 0.717) is 5.92 Å². The quantitative estimate of drug-likeness (QED) is 0.864. The van der Waals surface area contributed by atoms with Crippen LogP contribution in [0.25, 0.3) is 0 Å². The van der Waals surface area contributed by atoms with Gasteiger partial charge in [0, 0.05) is 11.4 Å². The standard InChI is InChI=1S/C17H20N2O/c1-13(2)15-10-6-7-11-16(15)18-12-17(20)19-14-8-4-3-5-9-14/h3-11,13,18H,12H2,1-2H3,(H,19,20). The van der Waals surface area contributed by atoms with Crippen LogP contribution in [-0.4, -0.2) is 12.5 Å². The van der Waals surface area contributed by atoms with Crippen molar-refractivity contribution in [2.75, 3.05) is 17.2 Å². The van der Waals surface area contributed by atoms with Gasteiger partial charge in [-0.15, -0.1) is 0 Å². The lowest BCUT2D eigenvalue weighted by atomic mass is 10.0. The van der Waals surface area contributed by atoms with Crippen LogP contribution in [0, 0.1) is 0 Å². The predicted molar refractivity (Wildman–Crippen MR) is 84.1 cm³/mol. The van der Waals surface area contributed by atoms with Crippen LogP contribution in [0.15, 0.2) is 54.6 Å². The fourth-order valence-electron chi connectivity index (χ4n) is 2.06. The topological polar surface area (TPSA) is 41.1 Å². The molecule has 0 unspecified atom stereocenters. The molecule has 0 aliphatic heterocycles. The number of carbonyl (C=O) groups excluding carboxylic acids is 1. The lowest BCUT2D eigenvalue weighted by Crippen LogP contribution is -2.22. The molecule has 3 nitrogen and oxygen atoms in total. The van der Waals surface area contributed by atoms with Crippen molar-refractivity contribution >= 4 is 17.3 Å². The largest absolute Gasteiger partial charge is 0.376 e. The number of benzene rings is 2. The number of carbonyl (C=O) groups is 1. The van der Waals surface area contributed by atoms with E-state index in [4.69, 9.17) is 0 Å². The Hall–Kier alpha value is -2.29. The zero-order chi connectivity index (χ0) is 14.4. The monoisotopic (exact) mass is 268 g/mol. The van der Waals surface area contributed by atoms with Gasteiger partial charge >= 0.3 is 0 Å². The molecule has 20 heavy (non-hydrogen) atoms. The summed E-state index contributed by atoms with van der Waals surface area (Å²) in [5, 5.41) is 6.06. The fraction of sp³-hybridized carbons (Fsp3) is 0.235. The van der Waals surface area contributed by atoms with E-state index < -0.39 is 0 Å². The molecule has 1 amide bonds. The van der Waals surface area contributed by atoms with Gasteiger partial charge in [-0.3, -0.25) is 4.79 Å². The molecule has 0 saturated heterocycles. The van der Waals surface area contributed by atoms with Crippen molar-refractivity contribution in [3.05, 3.63) is 60.2 Å². The van der Waals surface area contributed by atoms with Gasteiger partial charge < -0.3 is 10.6 Å². The maximum atomic E-state index is 11.9. The number of nitrogens with one attached hydrogen (secondary N) is 2. The maximum Gasteiger partial charge on any atom is 0.243 e. The minimum absolute atomic E-state index is 0.0465. The Morgan fingerprint density at radius 3 is 2.35 bits per heavy atom. The van der Waals surface area contributed by atoms with E-state index in [-0.39, 0.29) is 12.5 Å². The molecule has 2 aromatic rings. The Morgan fingerprint density at radius 2 is 1.65 bits per heavy atom. The van der Waals surface area contributed by atoms with Crippen molar-refractivity contribution in [3.8, 4) is 0 Å². The Morgan fingerprint density at radius 1 is 1.00 bits per heavy atom. The van der Waals surface area contributed by atoms with E-state index in [1.807, 2.05) is 48.5 Å². The molecule has 104 valence electrons. The average molecular weight is 268 g/mol. The number of rotatable bonds is 5. The van der Waals surface area contributed by atoms with Crippen molar-refractivity contribution in [1.29, 1.82) is 0 Å². The van der Waals surface area contributed by atoms with Crippen LogP contribution in [-0.2, 0) is 4.79 Å². The first-order valence-corrected chi connectivity index (χ1v) is 6.84. The van der Waals surface area contributed by atoms with E-state index in [2.05, 4.69) is 30.5 Å². The van der Waals surface area contributed by atoms with E-state index in [9.17, 15) is 4.79 Å². The summed E-state index contributed by atoms with van der Waals surface area (Å²) in [5.74, 6) is 0.380. The second-order valence-electron chi connectivity index (χ2n) is 5.01. The Balaban J connectivity index is 1.94. The molecule has 0 aliphatic rings. The highest BCUT2D eigenvalue weighted by Gasteiger charge is 2.07. The molecule has 0 radical (unpaired) electrons. The van der Waals surface area contributed by atoms with Crippen molar-refractivity contribution < 1.29 is 4.79 Å². The van der Waals surface area contributed by atoms with Gasteiger partial charge in [0.05, 0.1) is 6.54 Å². The van der Waals surface area contributed by atoms with Crippen LogP contribution in [0.3, 0.4) is 0 Å². The molecule has 2 rings (SSSR count). The fourth-order valence-corrected chi connectivity index (χ4v) is 2.06. The third kappa shape index (κ3) is 3.85. The van der Waals surface area contributed by atoms with Crippen molar-refractivity contribution in [2.45, 2.75) is 19.8 Å². The lowest BCUT2D eigenvalue weighted by Gasteiger charge is -2.14. The summed E-state index contributed by atoms with van der Waals surface area (Å²) in [6.07, 6.45) is 0. The molecule has 2 N–H and O–H groups in total. The minimum atomic E-state index is -0.0465. The molecule has 3 heteroatoms. The Bertz CT molecular complexity index is 564. The average Bonchev–Trinajstić information content (AvgIpc) is 2.46.